The third kappa shape index (κ3) is 7.82. The highest BCUT2D eigenvalue weighted by molar-refractivity contribution is 7.80. The zero-order valence-corrected chi connectivity index (χ0v) is 8.89. The van der Waals surface area contributed by atoms with E-state index >= 15 is 0 Å². The normalized spacial score (nSPS) is 9.17. The first-order chi connectivity index (χ1) is 5.66. The maximum absolute atomic E-state index is 5.54. The van der Waals surface area contributed by atoms with Crippen molar-refractivity contribution in [1.29, 1.82) is 0 Å². The van der Waals surface area contributed by atoms with Gasteiger partial charge in [0, 0.05) is 11.6 Å². The quantitative estimate of drug-likeness (QED) is 0.532. The molecule has 0 aliphatic heterocycles. The SMILES string of the molecule is C=C(Cl)CNC(=S)NCCCC. The fourth-order valence-electron chi connectivity index (χ4n) is 0.617. The summed E-state index contributed by atoms with van der Waals surface area (Å²) in [6.45, 7) is 7.12. The molecule has 70 valence electrons. The Kier molecular flexibility index (Phi) is 7.20. The molecule has 0 aromatic heterocycles. The highest BCUT2D eigenvalue weighted by Crippen LogP contribution is 1.91. The summed E-state index contributed by atoms with van der Waals surface area (Å²) < 4.78 is 0. The van der Waals surface area contributed by atoms with Gasteiger partial charge in [-0.3, -0.25) is 0 Å². The molecule has 0 aliphatic carbocycles. The van der Waals surface area contributed by atoms with E-state index in [1.54, 1.807) is 0 Å². The van der Waals surface area contributed by atoms with Crippen molar-refractivity contribution in [2.24, 2.45) is 0 Å². The van der Waals surface area contributed by atoms with Crippen LogP contribution in [0, 0.1) is 0 Å². The first-order valence-corrected chi connectivity index (χ1v) is 4.80. The molecule has 0 rings (SSSR count). The fraction of sp³-hybridized carbons (Fsp3) is 0.625. The smallest absolute Gasteiger partial charge is 0.166 e. The minimum Gasteiger partial charge on any atom is -0.363 e. The summed E-state index contributed by atoms with van der Waals surface area (Å²) in [6.07, 6.45) is 2.29. The summed E-state index contributed by atoms with van der Waals surface area (Å²) in [5, 5.41) is 7.20. The Balaban J connectivity index is 3.28. The van der Waals surface area contributed by atoms with Crippen LogP contribution in [0.3, 0.4) is 0 Å². The summed E-state index contributed by atoms with van der Waals surface area (Å²) >= 11 is 10.5. The average molecular weight is 207 g/mol. The molecule has 2 nitrogen and oxygen atoms in total. The van der Waals surface area contributed by atoms with E-state index in [2.05, 4.69) is 24.1 Å². The van der Waals surface area contributed by atoms with Gasteiger partial charge >= 0.3 is 0 Å². The van der Waals surface area contributed by atoms with Crippen LogP contribution in [0.4, 0.5) is 0 Å². The minimum absolute atomic E-state index is 0.527. The first-order valence-electron chi connectivity index (χ1n) is 4.01. The van der Waals surface area contributed by atoms with Gasteiger partial charge < -0.3 is 10.6 Å². The maximum Gasteiger partial charge on any atom is 0.166 e. The number of thiocarbonyl (C=S) groups is 1. The van der Waals surface area contributed by atoms with Crippen molar-refractivity contribution >= 4 is 28.9 Å². The van der Waals surface area contributed by atoms with Crippen molar-refractivity contribution in [3.05, 3.63) is 11.6 Å². The molecular formula is C8H15ClN2S. The van der Waals surface area contributed by atoms with Crippen LogP contribution < -0.4 is 10.6 Å². The van der Waals surface area contributed by atoms with Gasteiger partial charge in [-0.15, -0.1) is 0 Å². The molecule has 2 N–H and O–H groups in total. The Labute approximate surface area is 84.4 Å². The van der Waals surface area contributed by atoms with Gasteiger partial charge in [-0.05, 0) is 18.6 Å². The van der Waals surface area contributed by atoms with Crippen molar-refractivity contribution in [2.45, 2.75) is 19.8 Å². The number of rotatable bonds is 5. The van der Waals surface area contributed by atoms with Crippen LogP contribution in [0.15, 0.2) is 11.6 Å². The molecule has 0 aromatic carbocycles. The predicted octanol–water partition coefficient (Wildman–Crippen LogP) is 2.00. The molecule has 0 saturated heterocycles. The molecule has 0 spiro atoms. The molecule has 4 heteroatoms. The van der Waals surface area contributed by atoms with E-state index in [4.69, 9.17) is 23.8 Å². The van der Waals surface area contributed by atoms with E-state index in [0.29, 0.717) is 16.7 Å². The van der Waals surface area contributed by atoms with Crippen molar-refractivity contribution in [3.8, 4) is 0 Å². The third-order valence-corrected chi connectivity index (χ3v) is 1.68. The standard InChI is InChI=1S/C8H15ClN2S/c1-3-4-5-10-8(12)11-6-7(2)9/h2-6H2,1H3,(H2,10,11,12). The van der Waals surface area contributed by atoms with Crippen molar-refractivity contribution in [2.75, 3.05) is 13.1 Å². The molecule has 0 unspecified atom stereocenters. The van der Waals surface area contributed by atoms with Gasteiger partial charge in [0.25, 0.3) is 0 Å². The molecule has 0 aliphatic rings. The van der Waals surface area contributed by atoms with E-state index in [1.165, 1.54) is 0 Å². The Bertz CT molecular complexity index is 159. The zero-order valence-electron chi connectivity index (χ0n) is 7.32. The van der Waals surface area contributed by atoms with Gasteiger partial charge in [-0.1, -0.05) is 31.5 Å². The third-order valence-electron chi connectivity index (χ3n) is 1.26. The minimum atomic E-state index is 0.527. The molecule has 0 radical (unpaired) electrons. The van der Waals surface area contributed by atoms with E-state index in [-0.39, 0.29) is 0 Å². The molecular weight excluding hydrogens is 192 g/mol. The maximum atomic E-state index is 5.54. The number of nitrogens with one attached hydrogen (secondary N) is 2. The van der Waals surface area contributed by atoms with E-state index in [1.807, 2.05) is 0 Å². The Morgan fingerprint density at radius 2 is 2.17 bits per heavy atom. The lowest BCUT2D eigenvalue weighted by Gasteiger charge is -2.08. The Morgan fingerprint density at radius 1 is 1.50 bits per heavy atom. The van der Waals surface area contributed by atoms with Crippen LogP contribution in [0.25, 0.3) is 0 Å². The summed E-state index contributed by atoms with van der Waals surface area (Å²) in [6, 6.07) is 0. The molecule has 0 saturated carbocycles. The van der Waals surface area contributed by atoms with Crippen LogP contribution in [-0.2, 0) is 0 Å². The Morgan fingerprint density at radius 3 is 2.67 bits per heavy atom. The van der Waals surface area contributed by atoms with Crippen molar-refractivity contribution in [1.82, 2.24) is 10.6 Å². The van der Waals surface area contributed by atoms with Gasteiger partial charge in [0.05, 0.1) is 6.54 Å². The lowest BCUT2D eigenvalue weighted by molar-refractivity contribution is 0.745. The van der Waals surface area contributed by atoms with Crippen LogP contribution in [-0.4, -0.2) is 18.2 Å². The summed E-state index contributed by atoms with van der Waals surface area (Å²) in [4.78, 5) is 0. The van der Waals surface area contributed by atoms with Crippen LogP contribution in [0.1, 0.15) is 19.8 Å². The molecule has 0 fully saturated rings. The van der Waals surface area contributed by atoms with Gasteiger partial charge in [0.1, 0.15) is 0 Å². The first kappa shape index (κ1) is 11.7. The molecule has 0 atom stereocenters. The van der Waals surface area contributed by atoms with Crippen LogP contribution in [0.5, 0.6) is 0 Å². The van der Waals surface area contributed by atoms with Gasteiger partial charge in [-0.25, -0.2) is 0 Å². The molecule has 0 amide bonds. The molecule has 0 aromatic rings. The average Bonchev–Trinajstić information content (AvgIpc) is 2.01. The van der Waals surface area contributed by atoms with Crippen LogP contribution in [0.2, 0.25) is 0 Å². The number of hydrogen-bond acceptors (Lipinski definition) is 1. The second-order valence-electron chi connectivity index (χ2n) is 2.48. The van der Waals surface area contributed by atoms with Crippen molar-refractivity contribution in [3.63, 3.8) is 0 Å². The van der Waals surface area contributed by atoms with Gasteiger partial charge in [0.15, 0.2) is 5.11 Å². The largest absolute Gasteiger partial charge is 0.363 e. The molecule has 0 heterocycles. The number of hydrogen-bond donors (Lipinski definition) is 2. The second-order valence-corrected chi connectivity index (χ2v) is 3.42. The Hall–Kier alpha value is -0.280. The fourth-order valence-corrected chi connectivity index (χ4v) is 0.858. The van der Waals surface area contributed by atoms with Gasteiger partial charge in [-0.2, -0.15) is 0 Å². The monoisotopic (exact) mass is 206 g/mol. The van der Waals surface area contributed by atoms with Crippen LogP contribution >= 0.6 is 23.8 Å². The van der Waals surface area contributed by atoms with E-state index in [9.17, 15) is 0 Å². The number of unbranched alkanes of at least 4 members (excludes halogenated alkanes) is 1. The lowest BCUT2D eigenvalue weighted by atomic mass is 10.3. The summed E-state index contributed by atoms with van der Waals surface area (Å²) in [5.41, 5.74) is 0. The zero-order chi connectivity index (χ0) is 9.40. The summed E-state index contributed by atoms with van der Waals surface area (Å²) in [7, 11) is 0. The highest BCUT2D eigenvalue weighted by Gasteiger charge is 1.93. The number of halogens is 1. The second kappa shape index (κ2) is 7.37. The van der Waals surface area contributed by atoms with E-state index < -0.39 is 0 Å². The lowest BCUT2D eigenvalue weighted by Crippen LogP contribution is -2.36. The predicted molar refractivity (Wildman–Crippen MR) is 58.5 cm³/mol. The van der Waals surface area contributed by atoms with Crippen molar-refractivity contribution < 1.29 is 0 Å². The molecule has 0 bridgehead atoms. The topological polar surface area (TPSA) is 24.1 Å². The molecule has 12 heavy (non-hydrogen) atoms. The highest BCUT2D eigenvalue weighted by atomic mass is 35.5. The van der Waals surface area contributed by atoms with E-state index in [0.717, 1.165) is 19.4 Å². The van der Waals surface area contributed by atoms with Gasteiger partial charge in [0.2, 0.25) is 0 Å². The summed E-state index contributed by atoms with van der Waals surface area (Å²) in [5.74, 6) is 0.